The van der Waals surface area contributed by atoms with Crippen molar-refractivity contribution < 1.29 is 10.2 Å². The molecule has 2 aromatic rings. The average Bonchev–Trinajstić information content (AvgIpc) is 2.57. The van der Waals surface area contributed by atoms with Gasteiger partial charge in [0.05, 0.1) is 18.2 Å². The lowest BCUT2D eigenvalue weighted by Gasteiger charge is -2.06. The number of aliphatic hydroxyl groups is 2. The number of fused-ring (bicyclic) bond motifs is 1. The maximum atomic E-state index is 9.81. The molecule has 2 rings (SSSR count). The lowest BCUT2D eigenvalue weighted by molar-refractivity contribution is 0.200. The van der Waals surface area contributed by atoms with E-state index in [-0.39, 0.29) is 6.61 Å². The maximum absolute atomic E-state index is 9.81. The molecule has 2 N–H and O–H groups in total. The molecule has 92 valence electrons. The molecular formula is C14H19NO2. The summed E-state index contributed by atoms with van der Waals surface area (Å²) in [6, 6.07) is 4.22. The van der Waals surface area contributed by atoms with Crippen molar-refractivity contribution in [2.45, 2.75) is 33.4 Å². The van der Waals surface area contributed by atoms with Gasteiger partial charge in [-0.25, -0.2) is 0 Å². The van der Waals surface area contributed by atoms with E-state index in [1.54, 1.807) is 6.92 Å². The van der Waals surface area contributed by atoms with Gasteiger partial charge in [-0.05, 0) is 32.4 Å². The first-order valence-electron chi connectivity index (χ1n) is 5.93. The van der Waals surface area contributed by atoms with Gasteiger partial charge in [-0.1, -0.05) is 11.6 Å². The maximum Gasteiger partial charge on any atom is 0.0782 e. The molecule has 0 aliphatic carbocycles. The fraction of sp³-hybridized carbons (Fsp3) is 0.429. The Balaban J connectivity index is 2.76. The number of benzene rings is 1. The van der Waals surface area contributed by atoms with Crippen LogP contribution in [0.25, 0.3) is 10.9 Å². The number of hydrogen-bond acceptors (Lipinski definition) is 2. The van der Waals surface area contributed by atoms with E-state index < -0.39 is 6.10 Å². The molecule has 1 unspecified atom stereocenters. The third-order valence-corrected chi connectivity index (χ3v) is 3.13. The fourth-order valence-electron chi connectivity index (χ4n) is 2.48. The second-order valence-electron chi connectivity index (χ2n) is 4.66. The summed E-state index contributed by atoms with van der Waals surface area (Å²) >= 11 is 0. The van der Waals surface area contributed by atoms with Crippen LogP contribution in [0.15, 0.2) is 18.3 Å². The summed E-state index contributed by atoms with van der Waals surface area (Å²) in [5, 5.41) is 20.0. The molecule has 3 heteroatoms. The van der Waals surface area contributed by atoms with Crippen molar-refractivity contribution >= 4 is 10.9 Å². The monoisotopic (exact) mass is 233 g/mol. The lowest BCUT2D eigenvalue weighted by Crippen LogP contribution is -2.01. The number of aliphatic hydroxyl groups excluding tert-OH is 2. The third-order valence-electron chi connectivity index (χ3n) is 3.13. The highest BCUT2D eigenvalue weighted by molar-refractivity contribution is 5.87. The van der Waals surface area contributed by atoms with Gasteiger partial charge >= 0.3 is 0 Å². The van der Waals surface area contributed by atoms with Crippen molar-refractivity contribution in [3.05, 3.63) is 35.0 Å². The van der Waals surface area contributed by atoms with Crippen molar-refractivity contribution in [2.75, 3.05) is 6.61 Å². The normalized spacial score (nSPS) is 13.2. The van der Waals surface area contributed by atoms with Crippen molar-refractivity contribution in [1.29, 1.82) is 0 Å². The van der Waals surface area contributed by atoms with E-state index in [9.17, 15) is 5.11 Å². The molecule has 17 heavy (non-hydrogen) atoms. The Labute approximate surface area is 101 Å². The van der Waals surface area contributed by atoms with Gasteiger partial charge in [0.2, 0.25) is 0 Å². The standard InChI is InChI=1S/C14H19NO2/c1-9-6-10(2)14-12(7-9)13(11(3)17)8-15(14)4-5-16/h6-8,11,16-17H,4-5H2,1-3H3. The van der Waals surface area contributed by atoms with Gasteiger partial charge < -0.3 is 14.8 Å². The predicted octanol–water partition coefficient (Wildman–Crippen LogP) is 2.30. The van der Waals surface area contributed by atoms with E-state index in [2.05, 4.69) is 26.0 Å². The lowest BCUT2D eigenvalue weighted by atomic mass is 10.0. The smallest absolute Gasteiger partial charge is 0.0782 e. The van der Waals surface area contributed by atoms with Gasteiger partial charge in [-0.2, -0.15) is 0 Å². The van der Waals surface area contributed by atoms with Crippen molar-refractivity contribution in [1.82, 2.24) is 4.57 Å². The Bertz CT molecular complexity index is 541. The zero-order valence-electron chi connectivity index (χ0n) is 10.6. The Hall–Kier alpha value is -1.32. The van der Waals surface area contributed by atoms with Gasteiger partial charge in [-0.15, -0.1) is 0 Å². The Morgan fingerprint density at radius 2 is 2.00 bits per heavy atom. The molecule has 3 nitrogen and oxygen atoms in total. The van der Waals surface area contributed by atoms with Crippen LogP contribution in [0, 0.1) is 13.8 Å². The molecule has 1 aromatic heterocycles. The fourth-order valence-corrected chi connectivity index (χ4v) is 2.48. The number of rotatable bonds is 3. The van der Waals surface area contributed by atoms with Gasteiger partial charge in [0.1, 0.15) is 0 Å². The SMILES string of the molecule is Cc1cc(C)c2c(c1)c(C(C)O)cn2CCO. The molecule has 1 heterocycles. The topological polar surface area (TPSA) is 45.4 Å². The van der Waals surface area contributed by atoms with E-state index in [0.717, 1.165) is 16.5 Å². The summed E-state index contributed by atoms with van der Waals surface area (Å²) in [6.07, 6.45) is 1.46. The Kier molecular flexibility index (Phi) is 3.22. The largest absolute Gasteiger partial charge is 0.395 e. The van der Waals surface area contributed by atoms with Crippen LogP contribution in [0.4, 0.5) is 0 Å². The summed E-state index contributed by atoms with van der Waals surface area (Å²) in [5.41, 5.74) is 4.42. The van der Waals surface area contributed by atoms with Crippen LogP contribution in [-0.2, 0) is 6.54 Å². The van der Waals surface area contributed by atoms with Crippen LogP contribution in [0.3, 0.4) is 0 Å². The van der Waals surface area contributed by atoms with Gasteiger partial charge in [0.15, 0.2) is 0 Å². The molecule has 0 spiro atoms. The highest BCUT2D eigenvalue weighted by atomic mass is 16.3. The second kappa shape index (κ2) is 4.51. The van der Waals surface area contributed by atoms with Crippen molar-refractivity contribution in [2.24, 2.45) is 0 Å². The van der Waals surface area contributed by atoms with Crippen LogP contribution in [0.5, 0.6) is 0 Å². The molecule has 1 aromatic carbocycles. The molecule has 0 amide bonds. The Morgan fingerprint density at radius 1 is 1.29 bits per heavy atom. The highest BCUT2D eigenvalue weighted by Crippen LogP contribution is 2.29. The van der Waals surface area contributed by atoms with Crippen LogP contribution >= 0.6 is 0 Å². The average molecular weight is 233 g/mol. The number of nitrogens with zero attached hydrogens (tertiary/aromatic N) is 1. The summed E-state index contributed by atoms with van der Waals surface area (Å²) in [4.78, 5) is 0. The second-order valence-corrected chi connectivity index (χ2v) is 4.66. The quantitative estimate of drug-likeness (QED) is 0.854. The van der Waals surface area contributed by atoms with Gasteiger partial charge in [0.25, 0.3) is 0 Å². The first-order valence-corrected chi connectivity index (χ1v) is 5.93. The predicted molar refractivity (Wildman–Crippen MR) is 69.1 cm³/mol. The number of aryl methyl sites for hydroxylation is 2. The van der Waals surface area contributed by atoms with Crippen LogP contribution < -0.4 is 0 Å². The van der Waals surface area contributed by atoms with E-state index in [1.807, 2.05) is 10.8 Å². The van der Waals surface area contributed by atoms with Crippen LogP contribution in [0.1, 0.15) is 29.7 Å². The van der Waals surface area contributed by atoms with Crippen LogP contribution in [-0.4, -0.2) is 21.4 Å². The van der Waals surface area contributed by atoms with E-state index in [4.69, 9.17) is 5.11 Å². The molecule has 0 aliphatic heterocycles. The first-order chi connectivity index (χ1) is 8.04. The van der Waals surface area contributed by atoms with E-state index >= 15 is 0 Å². The summed E-state index contributed by atoms with van der Waals surface area (Å²) in [5.74, 6) is 0. The molecule has 1 atom stereocenters. The van der Waals surface area contributed by atoms with Crippen LogP contribution in [0.2, 0.25) is 0 Å². The zero-order valence-corrected chi connectivity index (χ0v) is 10.6. The van der Waals surface area contributed by atoms with E-state index in [0.29, 0.717) is 6.54 Å². The minimum absolute atomic E-state index is 0.107. The molecule has 0 radical (unpaired) electrons. The highest BCUT2D eigenvalue weighted by Gasteiger charge is 2.14. The minimum atomic E-state index is -0.487. The molecule has 0 saturated carbocycles. The molecule has 0 aliphatic rings. The zero-order chi connectivity index (χ0) is 12.6. The third kappa shape index (κ3) is 2.08. The van der Waals surface area contributed by atoms with Crippen molar-refractivity contribution in [3.8, 4) is 0 Å². The minimum Gasteiger partial charge on any atom is -0.395 e. The van der Waals surface area contributed by atoms with Gasteiger partial charge in [-0.3, -0.25) is 0 Å². The summed E-state index contributed by atoms with van der Waals surface area (Å²) in [7, 11) is 0. The summed E-state index contributed by atoms with van der Waals surface area (Å²) < 4.78 is 2.02. The van der Waals surface area contributed by atoms with Gasteiger partial charge in [0, 0.05) is 23.7 Å². The molecular weight excluding hydrogens is 214 g/mol. The molecule has 0 bridgehead atoms. The molecule has 0 saturated heterocycles. The first kappa shape index (κ1) is 12.1. The number of aromatic nitrogens is 1. The summed E-state index contributed by atoms with van der Waals surface area (Å²) in [6.45, 7) is 6.57. The van der Waals surface area contributed by atoms with E-state index in [1.165, 1.54) is 11.1 Å². The molecule has 0 fully saturated rings. The number of hydrogen-bond donors (Lipinski definition) is 2. The van der Waals surface area contributed by atoms with Crippen molar-refractivity contribution in [3.63, 3.8) is 0 Å². The Morgan fingerprint density at radius 3 is 2.59 bits per heavy atom.